The maximum absolute atomic E-state index is 5.67. The van der Waals surface area contributed by atoms with Crippen LogP contribution in [0.15, 0.2) is 126 Å². The fourth-order valence-corrected chi connectivity index (χ4v) is 7.87. The van der Waals surface area contributed by atoms with Crippen molar-refractivity contribution in [3.05, 3.63) is 144 Å². The third-order valence-electron chi connectivity index (χ3n) is 8.32. The Morgan fingerprint density at radius 2 is 1.02 bits per heavy atom. The van der Waals surface area contributed by atoms with Crippen LogP contribution in [0.2, 0.25) is 39.3 Å². The molecule has 0 bridgehead atoms. The third-order valence-corrected chi connectivity index (χ3v) is 11.0. The maximum atomic E-state index is 5.67. The fraction of sp³-hybridized carbons (Fsp3) is 0.326. The van der Waals surface area contributed by atoms with Crippen molar-refractivity contribution in [1.29, 1.82) is 0 Å². The molecule has 2 aromatic heterocycles. The van der Waals surface area contributed by atoms with Crippen LogP contribution >= 0.6 is 27.0 Å². The van der Waals surface area contributed by atoms with E-state index in [-0.39, 0.29) is 18.9 Å². The van der Waals surface area contributed by atoms with Crippen molar-refractivity contribution in [3.8, 4) is 34.2 Å². The number of imidazole rings is 2. The van der Waals surface area contributed by atoms with E-state index in [4.69, 9.17) is 11.1 Å². The number of para-hydroxylation sites is 2. The van der Waals surface area contributed by atoms with Crippen molar-refractivity contribution in [3.63, 3.8) is 0 Å². The van der Waals surface area contributed by atoms with Gasteiger partial charge in [-0.3, -0.25) is 9.13 Å². The number of hydrogen-bond acceptors (Lipinski definition) is 2. The Hall–Kier alpha value is -2.90. The zero-order valence-electron chi connectivity index (χ0n) is 35.4. The van der Waals surface area contributed by atoms with E-state index in [0.29, 0.717) is 11.8 Å². The molecule has 9 heteroatoms. The molecule has 4 aromatic carbocycles. The van der Waals surface area contributed by atoms with Crippen molar-refractivity contribution in [2.24, 2.45) is 0 Å². The van der Waals surface area contributed by atoms with Gasteiger partial charge < -0.3 is 6.92 Å². The zero-order chi connectivity index (χ0) is 40.1. The Balaban J connectivity index is 0.000000309. The summed E-state index contributed by atoms with van der Waals surface area (Å²) in [6.07, 6.45) is 10.2. The third kappa shape index (κ3) is 14.5. The van der Waals surface area contributed by atoms with E-state index in [1.54, 1.807) is 0 Å². The molecule has 0 saturated heterocycles. The van der Waals surface area contributed by atoms with Crippen molar-refractivity contribution in [2.75, 3.05) is 0 Å². The molecule has 0 spiro atoms. The Labute approximate surface area is 360 Å². The fourth-order valence-electron chi connectivity index (χ4n) is 5.72. The zero-order valence-corrected chi connectivity index (χ0v) is 39.7. The number of benzene rings is 4. The molecule has 0 saturated carbocycles. The van der Waals surface area contributed by atoms with Crippen LogP contribution in [0, 0.1) is 6.92 Å². The van der Waals surface area contributed by atoms with Crippen LogP contribution in [0.1, 0.15) is 70.4 Å². The van der Waals surface area contributed by atoms with E-state index in [1.165, 1.54) is 34.1 Å². The molecule has 0 atom stereocenters. The predicted octanol–water partition coefficient (Wildman–Crippen LogP) is 11.3. The van der Waals surface area contributed by atoms with Crippen LogP contribution in [0.5, 0.6) is 0 Å². The second-order valence-electron chi connectivity index (χ2n) is 15.9. The summed E-state index contributed by atoms with van der Waals surface area (Å²) >= 11 is 9.36. The van der Waals surface area contributed by atoms with Gasteiger partial charge in [0.1, 0.15) is 19.0 Å². The van der Waals surface area contributed by atoms with Gasteiger partial charge in [-0.1, -0.05) is 171 Å². The van der Waals surface area contributed by atoms with Gasteiger partial charge in [0, 0.05) is 46.1 Å². The Kier molecular flexibility index (Phi) is 20.0. The summed E-state index contributed by atoms with van der Waals surface area (Å²) in [5.74, 6) is 2.90. The first-order valence-electron chi connectivity index (χ1n) is 19.1. The molecule has 0 fully saturated rings. The summed E-state index contributed by atoms with van der Waals surface area (Å²) in [6.45, 7) is 28.2. The molecule has 0 aliphatic rings. The van der Waals surface area contributed by atoms with E-state index in [1.807, 2.05) is 42.9 Å². The largest absolute Gasteiger partial charge is 1.00 e. The van der Waals surface area contributed by atoms with Crippen LogP contribution in [-0.4, -0.2) is 34.6 Å². The average Bonchev–Trinajstić information content (AvgIpc) is 3.82. The Morgan fingerprint density at radius 1 is 0.636 bits per heavy atom. The second-order valence-corrected chi connectivity index (χ2v) is 29.3. The minimum Gasteiger partial charge on any atom is -0.343 e. The van der Waals surface area contributed by atoms with Crippen LogP contribution < -0.4 is 24.0 Å². The predicted molar refractivity (Wildman–Crippen MR) is 246 cm³/mol. The van der Waals surface area contributed by atoms with E-state index in [0.717, 1.165) is 33.7 Å². The molecule has 0 aliphatic heterocycles. The van der Waals surface area contributed by atoms with Crippen LogP contribution in [0.3, 0.4) is 0 Å². The van der Waals surface area contributed by atoms with Gasteiger partial charge in [-0.05, 0) is 50.1 Å². The number of unbranched alkanes of at least 4 members (excludes halogenated alkanes) is 1. The van der Waals surface area contributed by atoms with Gasteiger partial charge >= 0.3 is 18.9 Å². The maximum Gasteiger partial charge on any atom is 1.00 e. The van der Waals surface area contributed by atoms with Gasteiger partial charge in [0.15, 0.2) is 0 Å². The number of nitrogens with zero attached hydrogens (tertiary/aromatic N) is 4. The molecule has 0 radical (unpaired) electrons. The first-order chi connectivity index (χ1) is 25.5. The standard InChI is InChI=1S/C21H26N2Si.C18H17BrN2.C4H9.C3H9ClSi.Li/c1-16(2)18-12-9-13-19(24(3,4)5)20(18)23-15-14-22-21(23)17-10-7-6-8-11-17;1-13(2)15-9-6-10-16(19)17(15)21-12-11-20-18(21)14-7-4-3-5-8-14;1-3-4-2;1-5(2,3)4;/h6-16H,1-5H3;3-13H,1-2H3;1,3-4H2,2H3;1-3H3;/q;;-1;;+1. The Bertz CT molecular complexity index is 1990. The normalized spacial score (nSPS) is 11.1. The first kappa shape index (κ1) is 48.3. The summed E-state index contributed by atoms with van der Waals surface area (Å²) in [5.41, 5.74) is 7.48. The topological polar surface area (TPSA) is 35.6 Å². The monoisotopic (exact) mass is 846 g/mol. The molecule has 4 nitrogen and oxygen atoms in total. The second kappa shape index (κ2) is 22.7. The molecule has 0 amide bonds. The summed E-state index contributed by atoms with van der Waals surface area (Å²) in [5, 5.41) is 1.49. The van der Waals surface area contributed by atoms with Gasteiger partial charge in [0.2, 0.25) is 0 Å². The van der Waals surface area contributed by atoms with E-state index >= 15 is 0 Å². The molecule has 288 valence electrons. The van der Waals surface area contributed by atoms with Gasteiger partial charge in [-0.25, -0.2) is 9.97 Å². The van der Waals surface area contributed by atoms with Gasteiger partial charge in [0.25, 0.3) is 0 Å². The van der Waals surface area contributed by atoms with E-state index in [9.17, 15) is 0 Å². The molecular weight excluding hydrogens is 787 g/mol. The van der Waals surface area contributed by atoms with E-state index < -0.39 is 15.5 Å². The van der Waals surface area contributed by atoms with Crippen LogP contribution in [0.25, 0.3) is 34.2 Å². The molecule has 2 heterocycles. The minimum atomic E-state index is -1.48. The van der Waals surface area contributed by atoms with Crippen LogP contribution in [0.4, 0.5) is 0 Å². The van der Waals surface area contributed by atoms with Crippen molar-refractivity contribution in [2.45, 2.75) is 98.6 Å². The number of rotatable bonds is 8. The van der Waals surface area contributed by atoms with Gasteiger partial charge in [-0.15, -0.1) is 0 Å². The average molecular weight is 848 g/mol. The quantitative estimate of drug-likeness (QED) is 0.0869. The number of hydrogen-bond donors (Lipinski definition) is 0. The molecule has 6 rings (SSSR count). The SMILES string of the molecule is CC(C)c1cccc(Br)c1-n1ccnc1-c1ccccc1.CC(C)c1cccc([Si](C)(C)C)c1-n1ccnc1-c1ccccc1.C[Si](C)(C)Cl.[CH2-]CCC.[Li+]. The van der Waals surface area contributed by atoms with Crippen molar-refractivity contribution >= 4 is 47.7 Å². The van der Waals surface area contributed by atoms with E-state index in [2.05, 4.69) is 195 Å². The molecule has 0 unspecified atom stereocenters. The smallest absolute Gasteiger partial charge is 0.343 e. The summed E-state index contributed by atoms with van der Waals surface area (Å²) in [6, 6.07) is 33.9. The minimum absolute atomic E-state index is 0. The summed E-state index contributed by atoms with van der Waals surface area (Å²) in [7, 11) is -2.62. The molecular formula is C46H61BrClLiN4Si2. The molecule has 0 aliphatic carbocycles. The van der Waals surface area contributed by atoms with Gasteiger partial charge in [-0.2, -0.15) is 17.5 Å². The molecule has 55 heavy (non-hydrogen) atoms. The Morgan fingerprint density at radius 3 is 1.40 bits per heavy atom. The molecule has 6 aromatic rings. The summed E-state index contributed by atoms with van der Waals surface area (Å²) in [4.78, 5) is 9.21. The number of aromatic nitrogens is 4. The van der Waals surface area contributed by atoms with Crippen LogP contribution in [-0.2, 0) is 0 Å². The van der Waals surface area contributed by atoms with Crippen molar-refractivity contribution in [1.82, 2.24) is 19.1 Å². The van der Waals surface area contributed by atoms with Gasteiger partial charge in [0.05, 0.1) is 13.8 Å². The number of halogens is 2. The molecule has 0 N–H and O–H groups in total. The van der Waals surface area contributed by atoms with Crippen molar-refractivity contribution < 1.29 is 18.9 Å². The first-order valence-corrected chi connectivity index (χ1v) is 27.9. The summed E-state index contributed by atoms with van der Waals surface area (Å²) < 4.78 is 5.54.